The Kier molecular flexibility index (Phi) is 8.22. The zero-order valence-electron chi connectivity index (χ0n) is 18.4. The predicted octanol–water partition coefficient (Wildman–Crippen LogP) is 2.88. The minimum Gasteiger partial charge on any atom is -0.351 e. The molecule has 0 radical (unpaired) electrons. The normalized spacial score (nSPS) is 14.1. The Balaban J connectivity index is 1.52. The number of nitrogens with one attached hydrogen (secondary N) is 1. The smallest absolute Gasteiger partial charge is 0.267 e. The fourth-order valence-corrected chi connectivity index (χ4v) is 3.92. The van der Waals surface area contributed by atoms with Crippen LogP contribution in [-0.4, -0.2) is 50.1 Å². The van der Waals surface area contributed by atoms with Gasteiger partial charge in [0, 0.05) is 32.4 Å². The Hall–Kier alpha value is -2.68. The van der Waals surface area contributed by atoms with Gasteiger partial charge in [-0.05, 0) is 24.2 Å². The van der Waals surface area contributed by atoms with E-state index in [0.29, 0.717) is 37.6 Å². The highest BCUT2D eigenvalue weighted by Crippen LogP contribution is 2.17. The molecule has 166 valence electrons. The highest BCUT2D eigenvalue weighted by molar-refractivity contribution is 7.98. The number of aryl methyl sites for hydroxylation is 1. The number of amides is 2. The van der Waals surface area contributed by atoms with Crippen molar-refractivity contribution in [2.24, 2.45) is 11.0 Å². The van der Waals surface area contributed by atoms with Gasteiger partial charge in [-0.3, -0.25) is 9.59 Å². The molecule has 0 aliphatic carbocycles. The van der Waals surface area contributed by atoms with Crippen molar-refractivity contribution < 1.29 is 9.59 Å². The minimum atomic E-state index is -0.209. The molecule has 9 heteroatoms. The van der Waals surface area contributed by atoms with E-state index in [4.69, 9.17) is 0 Å². The fourth-order valence-electron chi connectivity index (χ4n) is 3.40. The summed E-state index contributed by atoms with van der Waals surface area (Å²) in [5.41, 5.74) is 1.39. The summed E-state index contributed by atoms with van der Waals surface area (Å²) in [6.45, 7) is 6.12. The van der Waals surface area contributed by atoms with Crippen molar-refractivity contribution >= 4 is 29.3 Å². The van der Waals surface area contributed by atoms with Crippen LogP contribution in [0.1, 0.15) is 44.5 Å². The zero-order chi connectivity index (χ0) is 22.2. The molecular weight excluding hydrogens is 412 g/mol. The van der Waals surface area contributed by atoms with Gasteiger partial charge in [0.1, 0.15) is 11.5 Å². The second-order valence-corrected chi connectivity index (χ2v) is 8.72. The lowest BCUT2D eigenvalue weighted by Gasteiger charge is -2.23. The molecule has 0 fully saturated rings. The van der Waals surface area contributed by atoms with Crippen LogP contribution >= 0.6 is 11.8 Å². The molecule has 0 atom stereocenters. The van der Waals surface area contributed by atoms with Gasteiger partial charge in [-0.15, -0.1) is 10.2 Å². The van der Waals surface area contributed by atoms with Crippen molar-refractivity contribution in [3.63, 3.8) is 0 Å². The number of rotatable bonds is 10. The van der Waals surface area contributed by atoms with Gasteiger partial charge in [-0.25, -0.2) is 5.01 Å². The van der Waals surface area contributed by atoms with Gasteiger partial charge in [-0.1, -0.05) is 55.9 Å². The van der Waals surface area contributed by atoms with E-state index < -0.39 is 0 Å². The zero-order valence-corrected chi connectivity index (χ0v) is 19.2. The molecule has 0 saturated carbocycles. The maximum Gasteiger partial charge on any atom is 0.267 e. The lowest BCUT2D eigenvalue weighted by atomic mass is 10.1. The quantitative estimate of drug-likeness (QED) is 0.451. The first-order valence-corrected chi connectivity index (χ1v) is 11.9. The van der Waals surface area contributed by atoms with E-state index in [1.807, 2.05) is 36.6 Å². The third-order valence-corrected chi connectivity index (χ3v) is 5.60. The molecule has 2 amide bonds. The Morgan fingerprint density at radius 2 is 1.97 bits per heavy atom. The first-order valence-electron chi connectivity index (χ1n) is 10.6. The number of hydrazone groups is 1. The van der Waals surface area contributed by atoms with Crippen LogP contribution in [0.4, 0.5) is 0 Å². The van der Waals surface area contributed by atoms with Crippen LogP contribution in [0.5, 0.6) is 0 Å². The molecule has 0 saturated heterocycles. The summed E-state index contributed by atoms with van der Waals surface area (Å²) in [7, 11) is 0. The number of aromatic nitrogens is 3. The molecule has 31 heavy (non-hydrogen) atoms. The van der Waals surface area contributed by atoms with Crippen LogP contribution in [0.2, 0.25) is 0 Å². The molecule has 1 N–H and O–H groups in total. The van der Waals surface area contributed by atoms with Crippen molar-refractivity contribution in [3.8, 4) is 0 Å². The van der Waals surface area contributed by atoms with E-state index in [9.17, 15) is 9.59 Å². The third-order valence-electron chi connectivity index (χ3n) is 4.93. The average molecular weight is 443 g/mol. The number of carbonyl (C=O) groups excluding carboxylic acids is 2. The van der Waals surface area contributed by atoms with E-state index in [-0.39, 0.29) is 11.8 Å². The van der Waals surface area contributed by atoms with Crippen LogP contribution in [0.15, 0.2) is 40.6 Å². The van der Waals surface area contributed by atoms with Crippen molar-refractivity contribution in [3.05, 3.63) is 41.7 Å². The number of hydrogen-bond donors (Lipinski definition) is 1. The summed E-state index contributed by atoms with van der Waals surface area (Å²) in [6.07, 6.45) is 4.17. The summed E-state index contributed by atoms with van der Waals surface area (Å²) in [5.74, 6) is 1.18. The summed E-state index contributed by atoms with van der Waals surface area (Å²) in [5, 5.41) is 18.1. The Bertz CT molecular complexity index is 925. The molecule has 2 aromatic rings. The fraction of sp³-hybridized carbons (Fsp3) is 0.500. The predicted molar refractivity (Wildman–Crippen MR) is 122 cm³/mol. The highest BCUT2D eigenvalue weighted by atomic mass is 32.2. The maximum absolute atomic E-state index is 12.6. The summed E-state index contributed by atoms with van der Waals surface area (Å²) >= 11 is 1.59. The topological polar surface area (TPSA) is 92.5 Å². The second-order valence-electron chi connectivity index (χ2n) is 7.95. The first kappa shape index (κ1) is 23.0. The Labute approximate surface area is 187 Å². The summed E-state index contributed by atoms with van der Waals surface area (Å²) in [4.78, 5) is 24.7. The van der Waals surface area contributed by atoms with Gasteiger partial charge in [0.15, 0.2) is 5.16 Å². The molecule has 1 aromatic heterocycles. The lowest BCUT2D eigenvalue weighted by Crippen LogP contribution is -2.39. The van der Waals surface area contributed by atoms with Crippen LogP contribution in [0.3, 0.4) is 0 Å². The van der Waals surface area contributed by atoms with Crippen molar-refractivity contribution in [2.75, 3.05) is 12.8 Å². The highest BCUT2D eigenvalue weighted by Gasteiger charge is 2.24. The first-order chi connectivity index (χ1) is 15.0. The summed E-state index contributed by atoms with van der Waals surface area (Å²) < 4.78 is 2.16. The van der Waals surface area contributed by atoms with Crippen molar-refractivity contribution in [2.45, 2.75) is 57.8 Å². The van der Waals surface area contributed by atoms with Crippen LogP contribution in [-0.2, 0) is 29.1 Å². The largest absolute Gasteiger partial charge is 0.351 e. The van der Waals surface area contributed by atoms with E-state index in [1.165, 1.54) is 5.01 Å². The number of hydrogen-bond acceptors (Lipinski definition) is 6. The standard InChI is InChI=1S/C22H30N6O2S/c1-16(2)14-27-19(24-25-22(27)31-3)10-7-13-23-21(30)18-11-12-20(29)28(26-18)15-17-8-5-4-6-9-17/h4-6,8-9,16H,7,10-15H2,1-3H3,(H,23,30). The van der Waals surface area contributed by atoms with E-state index in [1.54, 1.807) is 11.8 Å². The molecule has 8 nitrogen and oxygen atoms in total. The van der Waals surface area contributed by atoms with Gasteiger partial charge < -0.3 is 9.88 Å². The van der Waals surface area contributed by atoms with Gasteiger partial charge in [-0.2, -0.15) is 5.10 Å². The van der Waals surface area contributed by atoms with Crippen molar-refractivity contribution in [1.82, 2.24) is 25.1 Å². The third kappa shape index (κ3) is 6.40. The monoisotopic (exact) mass is 442 g/mol. The molecular formula is C22H30N6O2S. The lowest BCUT2D eigenvalue weighted by molar-refractivity contribution is -0.132. The average Bonchev–Trinajstić information content (AvgIpc) is 3.14. The number of thioether (sulfide) groups is 1. The van der Waals surface area contributed by atoms with Gasteiger partial charge >= 0.3 is 0 Å². The molecule has 1 aliphatic rings. The number of carbonyl (C=O) groups is 2. The number of benzene rings is 1. The molecule has 1 aliphatic heterocycles. The van der Waals surface area contributed by atoms with Gasteiger partial charge in [0.25, 0.3) is 5.91 Å². The second kappa shape index (κ2) is 11.1. The van der Waals surface area contributed by atoms with Crippen LogP contribution in [0.25, 0.3) is 0 Å². The van der Waals surface area contributed by atoms with Gasteiger partial charge in [0.05, 0.1) is 6.54 Å². The summed E-state index contributed by atoms with van der Waals surface area (Å²) in [6, 6.07) is 9.66. The molecule has 3 rings (SSSR count). The van der Waals surface area contributed by atoms with E-state index in [2.05, 4.69) is 39.0 Å². The Morgan fingerprint density at radius 3 is 2.68 bits per heavy atom. The Morgan fingerprint density at radius 1 is 1.19 bits per heavy atom. The van der Waals surface area contributed by atoms with E-state index in [0.717, 1.165) is 35.9 Å². The molecule has 0 spiro atoms. The maximum atomic E-state index is 12.6. The molecule has 0 bridgehead atoms. The molecule has 0 unspecified atom stereocenters. The minimum absolute atomic E-state index is 0.0607. The van der Waals surface area contributed by atoms with Crippen LogP contribution < -0.4 is 5.32 Å². The van der Waals surface area contributed by atoms with Crippen molar-refractivity contribution in [1.29, 1.82) is 0 Å². The molecule has 2 heterocycles. The SMILES string of the molecule is CSc1nnc(CCCNC(=O)C2=NN(Cc3ccccc3)C(=O)CC2)n1CC(C)C. The van der Waals surface area contributed by atoms with Gasteiger partial charge in [0.2, 0.25) is 5.91 Å². The molecule has 1 aromatic carbocycles. The number of nitrogens with zero attached hydrogens (tertiary/aromatic N) is 5. The van der Waals surface area contributed by atoms with Crippen LogP contribution in [0, 0.1) is 5.92 Å². The van der Waals surface area contributed by atoms with E-state index >= 15 is 0 Å².